The molecule has 3 heterocycles. The quantitative estimate of drug-likeness (QED) is 0.368. The van der Waals surface area contributed by atoms with E-state index in [1.165, 1.54) is 13.8 Å². The van der Waals surface area contributed by atoms with Gasteiger partial charge in [-0.15, -0.1) is 0 Å². The number of hydrogen-bond acceptors (Lipinski definition) is 6. The molecular weight excluding hydrogens is 516 g/mol. The molecule has 0 N–H and O–H groups in total. The molecule has 0 aliphatic rings. The highest BCUT2D eigenvalue weighted by Gasteiger charge is 2.35. The van der Waals surface area contributed by atoms with Crippen molar-refractivity contribution in [3.63, 3.8) is 0 Å². The Bertz CT molecular complexity index is 1660. The lowest BCUT2D eigenvalue weighted by atomic mass is 10.1. The van der Waals surface area contributed by atoms with Gasteiger partial charge in [0.15, 0.2) is 27.2 Å². The summed E-state index contributed by atoms with van der Waals surface area (Å²) >= 11 is 0. The number of alkyl halides is 6. The maximum Gasteiger partial charge on any atom is 0.435 e. The number of aryl methyl sites for hydroxylation is 1. The molecule has 0 saturated heterocycles. The highest BCUT2D eigenvalue weighted by molar-refractivity contribution is 7.91. The molecule has 0 aliphatic carbocycles. The van der Waals surface area contributed by atoms with Crippen LogP contribution in [0.2, 0.25) is 0 Å². The van der Waals surface area contributed by atoms with E-state index >= 15 is 0 Å². The molecule has 0 unspecified atom stereocenters. The van der Waals surface area contributed by atoms with Gasteiger partial charge in [0.05, 0.1) is 22.9 Å². The summed E-state index contributed by atoms with van der Waals surface area (Å²) in [6, 6.07) is 5.27. The van der Waals surface area contributed by atoms with E-state index in [-0.39, 0.29) is 16.9 Å². The van der Waals surface area contributed by atoms with Crippen LogP contribution in [0.1, 0.15) is 23.9 Å². The number of benzene rings is 1. The normalized spacial score (nSPS) is 12.9. The zero-order valence-corrected chi connectivity index (χ0v) is 19.2. The predicted molar refractivity (Wildman–Crippen MR) is 115 cm³/mol. The molecule has 0 atom stereocenters. The van der Waals surface area contributed by atoms with Gasteiger partial charge in [0, 0.05) is 11.1 Å². The van der Waals surface area contributed by atoms with Gasteiger partial charge in [-0.3, -0.25) is 4.79 Å². The maximum atomic E-state index is 13.2. The number of nitrogens with zero attached hydrogens (tertiary/aromatic N) is 5. The molecule has 1 aromatic carbocycles. The van der Waals surface area contributed by atoms with E-state index in [1.807, 2.05) is 0 Å². The number of aromatic nitrogens is 5. The summed E-state index contributed by atoms with van der Waals surface area (Å²) in [4.78, 5) is 16.7. The highest BCUT2D eigenvalue weighted by Crippen LogP contribution is 2.31. The first-order chi connectivity index (χ1) is 16.6. The van der Waals surface area contributed by atoms with Gasteiger partial charge < -0.3 is 0 Å². The van der Waals surface area contributed by atoms with E-state index in [2.05, 4.69) is 15.2 Å². The Morgan fingerprint density at radius 1 is 0.944 bits per heavy atom. The predicted octanol–water partition coefficient (Wildman–Crippen LogP) is 4.11. The van der Waals surface area contributed by atoms with Gasteiger partial charge in [-0.05, 0) is 37.3 Å². The minimum Gasteiger partial charge on any atom is -0.267 e. The van der Waals surface area contributed by atoms with Gasteiger partial charge in [-0.25, -0.2) is 18.1 Å². The summed E-state index contributed by atoms with van der Waals surface area (Å²) in [7, 11) is -4.06. The van der Waals surface area contributed by atoms with Gasteiger partial charge in [-0.2, -0.15) is 41.2 Å². The Morgan fingerprint density at radius 2 is 1.64 bits per heavy atom. The van der Waals surface area contributed by atoms with Crippen LogP contribution in [0.25, 0.3) is 22.4 Å². The molecule has 190 valence electrons. The summed E-state index contributed by atoms with van der Waals surface area (Å²) < 4.78 is 106. The smallest absolute Gasteiger partial charge is 0.267 e. The van der Waals surface area contributed by atoms with Crippen LogP contribution in [-0.4, -0.2) is 38.7 Å². The van der Waals surface area contributed by atoms with Crippen LogP contribution in [0.15, 0.2) is 52.3 Å². The van der Waals surface area contributed by atoms with E-state index in [9.17, 15) is 39.6 Å². The van der Waals surface area contributed by atoms with E-state index < -0.39 is 60.9 Å². The Kier molecular flexibility index (Phi) is 5.93. The van der Waals surface area contributed by atoms with Crippen molar-refractivity contribution in [2.24, 2.45) is 0 Å². The van der Waals surface area contributed by atoms with Crippen LogP contribution < -0.4 is 5.56 Å². The van der Waals surface area contributed by atoms with Gasteiger partial charge >= 0.3 is 12.4 Å². The molecule has 15 heteroatoms. The van der Waals surface area contributed by atoms with Crippen molar-refractivity contribution in [1.82, 2.24) is 24.5 Å². The Hall–Kier alpha value is -3.75. The number of halogens is 6. The second-order valence-electron chi connectivity index (χ2n) is 7.64. The lowest BCUT2D eigenvalue weighted by molar-refractivity contribution is -0.141. The number of rotatable bonds is 4. The minimum atomic E-state index is -4.77. The maximum absolute atomic E-state index is 13.2. The number of fused-ring (bicyclic) bond motifs is 1. The largest absolute Gasteiger partial charge is 0.435 e. The summed E-state index contributed by atoms with van der Waals surface area (Å²) in [5, 5.41) is 6.96. The van der Waals surface area contributed by atoms with Crippen LogP contribution in [0, 0.1) is 6.92 Å². The fourth-order valence-electron chi connectivity index (χ4n) is 3.41. The molecule has 0 aliphatic heterocycles. The standard InChI is InChI=1S/C21H15F6N5O3S/c1-3-36(34,35)15-6-7-17(31-11(2)8-16(30-31)21(25,26)27)29-18(15)32-19(33)14-9-13(20(22,23)24)5-4-12(14)10-28-32/h4-10H,3H2,1-2H3. The van der Waals surface area contributed by atoms with Crippen molar-refractivity contribution in [2.45, 2.75) is 31.1 Å². The zero-order chi connectivity index (χ0) is 26.6. The van der Waals surface area contributed by atoms with Crippen LogP contribution in [0.3, 0.4) is 0 Å². The Balaban J connectivity index is 2.01. The third-order valence-corrected chi connectivity index (χ3v) is 7.00. The first kappa shape index (κ1) is 25.3. The molecule has 0 amide bonds. The number of pyridine rings is 1. The van der Waals surface area contributed by atoms with Crippen LogP contribution in [0.4, 0.5) is 26.3 Å². The first-order valence-electron chi connectivity index (χ1n) is 10.1. The number of hydrogen-bond donors (Lipinski definition) is 0. The van der Waals surface area contributed by atoms with Gasteiger partial charge in [0.1, 0.15) is 4.90 Å². The van der Waals surface area contributed by atoms with Crippen LogP contribution in [0.5, 0.6) is 0 Å². The lowest BCUT2D eigenvalue weighted by Crippen LogP contribution is -2.25. The first-order valence-corrected chi connectivity index (χ1v) is 11.8. The third kappa shape index (κ3) is 4.45. The molecule has 3 aromatic heterocycles. The fourth-order valence-corrected chi connectivity index (χ4v) is 4.40. The van der Waals surface area contributed by atoms with Crippen molar-refractivity contribution in [1.29, 1.82) is 0 Å². The second-order valence-corrected chi connectivity index (χ2v) is 9.88. The summed E-state index contributed by atoms with van der Waals surface area (Å²) in [6.07, 6.45) is -8.47. The lowest BCUT2D eigenvalue weighted by Gasteiger charge is -2.13. The van der Waals surface area contributed by atoms with E-state index in [0.29, 0.717) is 10.7 Å². The van der Waals surface area contributed by atoms with Crippen molar-refractivity contribution in [3.8, 4) is 11.6 Å². The zero-order valence-electron chi connectivity index (χ0n) is 18.4. The summed E-state index contributed by atoms with van der Waals surface area (Å²) in [5.41, 5.74) is -3.45. The Labute approximate surface area is 198 Å². The SMILES string of the molecule is CCS(=O)(=O)c1ccc(-n2nc(C(F)(F)F)cc2C)nc1-n1ncc2ccc(C(F)(F)F)cc2c1=O. The van der Waals surface area contributed by atoms with Gasteiger partial charge in [-0.1, -0.05) is 13.0 Å². The average Bonchev–Trinajstić information content (AvgIpc) is 3.20. The Morgan fingerprint density at radius 3 is 2.22 bits per heavy atom. The van der Waals surface area contributed by atoms with Crippen molar-refractivity contribution in [3.05, 3.63) is 69.9 Å². The summed E-state index contributed by atoms with van der Waals surface area (Å²) in [6.45, 7) is 2.62. The molecule has 36 heavy (non-hydrogen) atoms. The van der Waals surface area contributed by atoms with Crippen molar-refractivity contribution < 1.29 is 34.8 Å². The van der Waals surface area contributed by atoms with E-state index in [1.54, 1.807) is 0 Å². The molecule has 0 fully saturated rings. The van der Waals surface area contributed by atoms with Crippen LogP contribution >= 0.6 is 0 Å². The van der Waals surface area contributed by atoms with E-state index in [4.69, 9.17) is 0 Å². The molecular formula is C21H15F6N5O3S. The molecule has 0 spiro atoms. The fraction of sp³-hybridized carbons (Fsp3) is 0.238. The molecule has 0 radical (unpaired) electrons. The van der Waals surface area contributed by atoms with Gasteiger partial charge in [0.25, 0.3) is 5.56 Å². The average molecular weight is 531 g/mol. The van der Waals surface area contributed by atoms with Gasteiger partial charge in [0.2, 0.25) is 0 Å². The molecule has 0 bridgehead atoms. The van der Waals surface area contributed by atoms with Crippen molar-refractivity contribution >= 4 is 20.6 Å². The molecule has 0 saturated carbocycles. The third-order valence-electron chi connectivity index (χ3n) is 5.25. The second kappa shape index (κ2) is 8.43. The minimum absolute atomic E-state index is 0.000472. The van der Waals surface area contributed by atoms with Crippen molar-refractivity contribution in [2.75, 3.05) is 5.75 Å². The highest BCUT2D eigenvalue weighted by atomic mass is 32.2. The number of sulfone groups is 1. The topological polar surface area (TPSA) is 99.7 Å². The molecule has 8 nitrogen and oxygen atoms in total. The molecule has 4 aromatic rings. The van der Waals surface area contributed by atoms with E-state index in [0.717, 1.165) is 41.2 Å². The summed E-state index contributed by atoms with van der Waals surface area (Å²) in [5.74, 6) is -1.30. The van der Waals surface area contributed by atoms with Crippen LogP contribution in [-0.2, 0) is 22.2 Å². The monoisotopic (exact) mass is 531 g/mol. The molecule has 4 rings (SSSR count).